The number of esters is 1. The van der Waals surface area contributed by atoms with Gasteiger partial charge in [-0.3, -0.25) is 0 Å². The van der Waals surface area contributed by atoms with Gasteiger partial charge in [-0.05, 0) is 74.1 Å². The monoisotopic (exact) mass is 490 g/mol. The third-order valence-electron chi connectivity index (χ3n) is 6.43. The molecule has 0 bridgehead atoms. The van der Waals surface area contributed by atoms with E-state index in [-0.39, 0.29) is 16.2 Å². The van der Waals surface area contributed by atoms with Gasteiger partial charge in [0.05, 0.1) is 4.90 Å². The van der Waals surface area contributed by atoms with Gasteiger partial charge in [0.25, 0.3) is 0 Å². The highest BCUT2D eigenvalue weighted by atomic mass is 35.5. The van der Waals surface area contributed by atoms with E-state index in [0.717, 1.165) is 19.1 Å². The molecule has 0 amide bonds. The molecule has 2 aromatic carbocycles. The molecule has 2 aromatic rings. The Morgan fingerprint density at radius 2 is 1.97 bits per heavy atom. The van der Waals surface area contributed by atoms with Crippen LogP contribution in [0.25, 0.3) is 16.7 Å². The summed E-state index contributed by atoms with van der Waals surface area (Å²) in [6.07, 6.45) is 3.73. The van der Waals surface area contributed by atoms with Crippen LogP contribution in [0.1, 0.15) is 43.7 Å². The Kier molecular flexibility index (Phi) is 6.33. The summed E-state index contributed by atoms with van der Waals surface area (Å²) in [7, 11) is -3.37. The van der Waals surface area contributed by atoms with E-state index in [1.165, 1.54) is 6.07 Å². The van der Waals surface area contributed by atoms with Crippen molar-refractivity contribution in [1.29, 1.82) is 0 Å². The van der Waals surface area contributed by atoms with Crippen molar-refractivity contribution in [1.82, 2.24) is 0 Å². The van der Waals surface area contributed by atoms with Crippen molar-refractivity contribution in [2.75, 3.05) is 12.9 Å². The molecule has 33 heavy (non-hydrogen) atoms. The van der Waals surface area contributed by atoms with Crippen molar-refractivity contribution in [3.63, 3.8) is 0 Å². The van der Waals surface area contributed by atoms with Crippen molar-refractivity contribution in [2.24, 2.45) is 0 Å². The lowest BCUT2D eigenvalue weighted by Gasteiger charge is -2.39. The molecule has 2 unspecified atom stereocenters. The smallest absolute Gasteiger partial charge is 0.343 e. The van der Waals surface area contributed by atoms with Crippen LogP contribution in [0.3, 0.4) is 0 Å². The molecule has 1 aliphatic heterocycles. The van der Waals surface area contributed by atoms with Gasteiger partial charge in [-0.1, -0.05) is 30.2 Å². The zero-order valence-electron chi connectivity index (χ0n) is 18.9. The van der Waals surface area contributed by atoms with E-state index in [2.05, 4.69) is 0 Å². The Bertz CT molecular complexity index is 1250. The number of aryl methyl sites for hydroxylation is 1. The van der Waals surface area contributed by atoms with Crippen LogP contribution in [0.2, 0.25) is 5.02 Å². The van der Waals surface area contributed by atoms with Crippen molar-refractivity contribution < 1.29 is 27.8 Å². The van der Waals surface area contributed by atoms with Crippen molar-refractivity contribution in [2.45, 2.75) is 56.1 Å². The van der Waals surface area contributed by atoms with Crippen molar-refractivity contribution in [3.05, 3.63) is 58.3 Å². The van der Waals surface area contributed by atoms with Gasteiger partial charge in [0.15, 0.2) is 21.2 Å². The number of carbonyl (C=O) groups excluding carboxylic acids is 1. The molecule has 1 spiro atoms. The molecule has 0 radical (unpaired) electrons. The van der Waals surface area contributed by atoms with Gasteiger partial charge in [0.1, 0.15) is 11.7 Å². The van der Waals surface area contributed by atoms with Gasteiger partial charge in [-0.15, -0.1) is 0 Å². The van der Waals surface area contributed by atoms with Gasteiger partial charge in [-0.2, -0.15) is 0 Å². The van der Waals surface area contributed by atoms with Gasteiger partial charge >= 0.3 is 5.97 Å². The van der Waals surface area contributed by atoms with Crippen LogP contribution in [0.15, 0.2) is 47.1 Å². The molecule has 176 valence electrons. The van der Waals surface area contributed by atoms with E-state index >= 15 is 0 Å². The number of hydrogen-bond donors (Lipinski definition) is 1. The SMILES string of the molecule is CCOC1CCCCC12OC(=O)C(c1cc(Cl)c(-c3cccc(S(C)(=O)=O)c3)cc1C)=C2O. The lowest BCUT2D eigenvalue weighted by atomic mass is 9.79. The van der Waals surface area contributed by atoms with Crippen LogP contribution in [0.4, 0.5) is 0 Å². The number of benzene rings is 2. The first kappa shape index (κ1) is 23.8. The molecule has 2 atom stereocenters. The Labute approximate surface area is 199 Å². The summed E-state index contributed by atoms with van der Waals surface area (Å²) in [5.74, 6) is -0.693. The fourth-order valence-corrected chi connectivity index (χ4v) is 5.73. The first-order chi connectivity index (χ1) is 15.6. The number of ether oxygens (including phenoxy) is 2. The van der Waals surface area contributed by atoms with E-state index in [1.807, 2.05) is 13.8 Å². The summed E-state index contributed by atoms with van der Waals surface area (Å²) in [4.78, 5) is 13.2. The number of sulfone groups is 1. The highest BCUT2D eigenvalue weighted by Crippen LogP contribution is 2.47. The maximum Gasteiger partial charge on any atom is 0.343 e. The maximum atomic E-state index is 13.0. The van der Waals surface area contributed by atoms with E-state index in [0.29, 0.717) is 46.7 Å². The second kappa shape index (κ2) is 8.78. The summed E-state index contributed by atoms with van der Waals surface area (Å²) in [5.41, 5.74) is 1.42. The normalized spacial score (nSPS) is 23.3. The minimum absolute atomic E-state index is 0.100. The fraction of sp³-hybridized carbons (Fsp3) is 0.400. The highest BCUT2D eigenvalue weighted by molar-refractivity contribution is 7.90. The maximum absolute atomic E-state index is 13.0. The quantitative estimate of drug-likeness (QED) is 0.575. The molecule has 1 fully saturated rings. The number of carbonyl (C=O) groups is 1. The summed E-state index contributed by atoms with van der Waals surface area (Å²) >= 11 is 6.60. The molecule has 6 nitrogen and oxygen atoms in total. The second-order valence-corrected chi connectivity index (χ2v) is 11.1. The van der Waals surface area contributed by atoms with Crippen LogP contribution in [-0.4, -0.2) is 44.1 Å². The third kappa shape index (κ3) is 4.18. The summed E-state index contributed by atoms with van der Waals surface area (Å²) in [5, 5.41) is 11.6. The predicted octanol–water partition coefficient (Wildman–Crippen LogP) is 5.26. The molecule has 1 heterocycles. The van der Waals surface area contributed by atoms with Gasteiger partial charge in [-0.25, -0.2) is 13.2 Å². The minimum atomic E-state index is -3.37. The van der Waals surface area contributed by atoms with Crippen LogP contribution in [-0.2, 0) is 24.1 Å². The van der Waals surface area contributed by atoms with Gasteiger partial charge in [0, 0.05) is 23.4 Å². The van der Waals surface area contributed by atoms with E-state index in [1.54, 1.807) is 30.3 Å². The predicted molar refractivity (Wildman–Crippen MR) is 127 cm³/mol. The average Bonchev–Trinajstić information content (AvgIpc) is 3.00. The fourth-order valence-electron chi connectivity index (χ4n) is 4.80. The molecule has 1 aliphatic carbocycles. The largest absolute Gasteiger partial charge is 0.507 e. The summed E-state index contributed by atoms with van der Waals surface area (Å²) in [6, 6.07) is 9.96. The molecule has 4 rings (SSSR count). The van der Waals surface area contributed by atoms with Crippen molar-refractivity contribution >= 4 is 33.0 Å². The number of aliphatic hydroxyl groups excluding tert-OH is 1. The summed E-state index contributed by atoms with van der Waals surface area (Å²) in [6.45, 7) is 4.15. The second-order valence-electron chi connectivity index (χ2n) is 8.64. The van der Waals surface area contributed by atoms with E-state index < -0.39 is 27.5 Å². The lowest BCUT2D eigenvalue weighted by molar-refractivity contribution is -0.170. The number of rotatable bonds is 5. The van der Waals surface area contributed by atoms with Gasteiger partial charge < -0.3 is 14.6 Å². The number of halogens is 1. The molecule has 2 aliphatic rings. The molecule has 1 saturated carbocycles. The number of hydrogen-bond acceptors (Lipinski definition) is 6. The molecule has 1 N–H and O–H groups in total. The third-order valence-corrected chi connectivity index (χ3v) is 7.85. The molecule has 0 aromatic heterocycles. The Hall–Kier alpha value is -2.35. The molecular weight excluding hydrogens is 464 g/mol. The zero-order chi connectivity index (χ0) is 24.0. The van der Waals surface area contributed by atoms with Crippen LogP contribution in [0.5, 0.6) is 0 Å². The number of aliphatic hydroxyl groups is 1. The van der Waals surface area contributed by atoms with E-state index in [4.69, 9.17) is 21.1 Å². The molecule has 8 heteroatoms. The zero-order valence-corrected chi connectivity index (χ0v) is 20.4. The van der Waals surface area contributed by atoms with Crippen LogP contribution in [0, 0.1) is 6.92 Å². The lowest BCUT2D eigenvalue weighted by Crippen LogP contribution is -2.48. The van der Waals surface area contributed by atoms with Crippen molar-refractivity contribution in [3.8, 4) is 11.1 Å². The van der Waals surface area contributed by atoms with Crippen LogP contribution < -0.4 is 0 Å². The highest BCUT2D eigenvalue weighted by Gasteiger charge is 2.55. The minimum Gasteiger partial charge on any atom is -0.507 e. The standard InChI is InChI=1S/C25H27ClO6S/c1-4-31-21-10-5-6-11-25(21)23(27)22(24(28)32-25)18-14-20(26)19(12-15(18)2)16-8-7-9-17(13-16)33(3,29)30/h7-9,12-14,21,27H,4-6,10-11H2,1-3H3. The Morgan fingerprint density at radius 1 is 1.21 bits per heavy atom. The average molecular weight is 491 g/mol. The Balaban J connectivity index is 1.80. The summed E-state index contributed by atoms with van der Waals surface area (Å²) < 4.78 is 35.6. The first-order valence-electron chi connectivity index (χ1n) is 11.0. The molecule has 0 saturated heterocycles. The first-order valence-corrected chi connectivity index (χ1v) is 13.2. The van der Waals surface area contributed by atoms with Crippen LogP contribution >= 0.6 is 11.6 Å². The molecular formula is C25H27ClO6S. The topological polar surface area (TPSA) is 89.9 Å². The van der Waals surface area contributed by atoms with Gasteiger partial charge in [0.2, 0.25) is 0 Å². The van der Waals surface area contributed by atoms with E-state index in [9.17, 15) is 18.3 Å². The Morgan fingerprint density at radius 3 is 2.67 bits per heavy atom.